The summed E-state index contributed by atoms with van der Waals surface area (Å²) in [5.41, 5.74) is 0. The van der Waals surface area contributed by atoms with Crippen LogP contribution in [0.3, 0.4) is 0 Å². The van der Waals surface area contributed by atoms with Crippen molar-refractivity contribution < 1.29 is 14.6 Å². The Labute approximate surface area is 78.1 Å². The van der Waals surface area contributed by atoms with Crippen LogP contribution in [0.1, 0.15) is 25.7 Å². The number of ether oxygens (including phenoxy) is 1. The number of aliphatic hydroxyl groups is 1. The second kappa shape index (κ2) is 3.29. The van der Waals surface area contributed by atoms with E-state index in [4.69, 9.17) is 4.74 Å². The molecule has 2 bridgehead atoms. The second-order valence-electron chi connectivity index (χ2n) is 4.28. The van der Waals surface area contributed by atoms with Crippen LogP contribution in [0.25, 0.3) is 0 Å². The first-order chi connectivity index (χ1) is 6.22. The van der Waals surface area contributed by atoms with E-state index < -0.39 is 0 Å². The molecule has 0 spiro atoms. The number of carbonyl (C=O) groups excluding carboxylic acids is 1. The first kappa shape index (κ1) is 9.00. The van der Waals surface area contributed by atoms with Crippen molar-refractivity contribution >= 4 is 5.97 Å². The van der Waals surface area contributed by atoms with Gasteiger partial charge in [-0.15, -0.1) is 0 Å². The highest BCUT2D eigenvalue weighted by atomic mass is 16.5. The van der Waals surface area contributed by atoms with Gasteiger partial charge in [0, 0.05) is 0 Å². The lowest BCUT2D eigenvalue weighted by atomic mass is 9.63. The number of fused-ring (bicyclic) bond motifs is 3. The van der Waals surface area contributed by atoms with Crippen molar-refractivity contribution in [1.29, 1.82) is 0 Å². The Balaban J connectivity index is 2.10. The average Bonchev–Trinajstić information content (AvgIpc) is 2.17. The zero-order valence-electron chi connectivity index (χ0n) is 7.90. The van der Waals surface area contributed by atoms with E-state index in [2.05, 4.69) is 0 Å². The standard InChI is InChI=1S/C10H16O3/c1-13-10(12)8-4-6-2-3-7(8)9(11)5-6/h6-9,11H,2-5H2,1H3/t6-,7-,8-,9+/m0/s1. The number of rotatable bonds is 1. The SMILES string of the molecule is COC(=O)[C@H]1C[C@@H]2CC[C@@H]1[C@H](O)C2. The molecule has 3 aliphatic rings. The summed E-state index contributed by atoms with van der Waals surface area (Å²) in [7, 11) is 1.43. The predicted octanol–water partition coefficient (Wildman–Crippen LogP) is 0.956. The third-order valence-electron chi connectivity index (χ3n) is 3.59. The lowest BCUT2D eigenvalue weighted by molar-refractivity contribution is -0.156. The summed E-state index contributed by atoms with van der Waals surface area (Å²) in [5, 5.41) is 9.71. The van der Waals surface area contributed by atoms with Gasteiger partial charge in [0.2, 0.25) is 0 Å². The Morgan fingerprint density at radius 3 is 2.69 bits per heavy atom. The van der Waals surface area contributed by atoms with Crippen LogP contribution >= 0.6 is 0 Å². The third kappa shape index (κ3) is 1.46. The quantitative estimate of drug-likeness (QED) is 0.617. The molecule has 3 heteroatoms. The van der Waals surface area contributed by atoms with Gasteiger partial charge in [0.25, 0.3) is 0 Å². The van der Waals surface area contributed by atoms with Crippen molar-refractivity contribution in [3.05, 3.63) is 0 Å². The van der Waals surface area contributed by atoms with Crippen LogP contribution in [0.2, 0.25) is 0 Å². The Hall–Kier alpha value is -0.570. The third-order valence-corrected chi connectivity index (χ3v) is 3.59. The Morgan fingerprint density at radius 1 is 1.38 bits per heavy atom. The lowest BCUT2D eigenvalue weighted by Crippen LogP contribution is -2.44. The van der Waals surface area contributed by atoms with E-state index in [9.17, 15) is 9.90 Å². The number of hydrogen-bond acceptors (Lipinski definition) is 3. The molecule has 0 radical (unpaired) electrons. The summed E-state index contributed by atoms with van der Waals surface area (Å²) < 4.78 is 4.74. The molecule has 0 aromatic rings. The van der Waals surface area contributed by atoms with Gasteiger partial charge in [-0.25, -0.2) is 0 Å². The fourth-order valence-electron chi connectivity index (χ4n) is 2.89. The van der Waals surface area contributed by atoms with Gasteiger partial charge in [0.1, 0.15) is 0 Å². The van der Waals surface area contributed by atoms with Crippen LogP contribution in [0.4, 0.5) is 0 Å². The summed E-state index contributed by atoms with van der Waals surface area (Å²) in [5.74, 6) is 0.544. The van der Waals surface area contributed by atoms with E-state index in [1.807, 2.05) is 0 Å². The van der Waals surface area contributed by atoms with E-state index in [0.29, 0.717) is 5.92 Å². The first-order valence-electron chi connectivity index (χ1n) is 4.98. The minimum Gasteiger partial charge on any atom is -0.469 e. The predicted molar refractivity (Wildman–Crippen MR) is 47.0 cm³/mol. The molecule has 3 rings (SSSR count). The molecule has 0 saturated heterocycles. The minimum atomic E-state index is -0.267. The molecule has 74 valence electrons. The molecule has 13 heavy (non-hydrogen) atoms. The van der Waals surface area contributed by atoms with Crippen molar-refractivity contribution in [2.24, 2.45) is 17.8 Å². The fourth-order valence-corrected chi connectivity index (χ4v) is 2.89. The van der Waals surface area contributed by atoms with Crippen LogP contribution in [-0.2, 0) is 9.53 Å². The molecule has 3 saturated carbocycles. The largest absolute Gasteiger partial charge is 0.469 e. The zero-order chi connectivity index (χ0) is 9.42. The van der Waals surface area contributed by atoms with Crippen LogP contribution in [0, 0.1) is 17.8 Å². The van der Waals surface area contributed by atoms with Crippen molar-refractivity contribution in [1.82, 2.24) is 0 Å². The van der Waals surface area contributed by atoms with Crippen LogP contribution in [-0.4, -0.2) is 24.3 Å². The molecule has 0 aromatic carbocycles. The molecule has 0 aliphatic heterocycles. The molecule has 3 nitrogen and oxygen atoms in total. The zero-order valence-corrected chi connectivity index (χ0v) is 7.90. The Bertz CT molecular complexity index is 214. The van der Waals surface area contributed by atoms with Gasteiger partial charge in [-0.2, -0.15) is 0 Å². The highest BCUT2D eigenvalue weighted by Gasteiger charge is 2.44. The van der Waals surface area contributed by atoms with Crippen molar-refractivity contribution in [3.63, 3.8) is 0 Å². The van der Waals surface area contributed by atoms with Gasteiger partial charge < -0.3 is 9.84 Å². The normalized spacial score (nSPS) is 43.2. The first-order valence-corrected chi connectivity index (χ1v) is 4.98. The number of methoxy groups -OCH3 is 1. The van der Waals surface area contributed by atoms with Gasteiger partial charge in [0.05, 0.1) is 19.1 Å². The summed E-state index contributed by atoms with van der Waals surface area (Å²) >= 11 is 0. The maximum Gasteiger partial charge on any atom is 0.309 e. The van der Waals surface area contributed by atoms with Crippen molar-refractivity contribution in [2.75, 3.05) is 7.11 Å². The van der Waals surface area contributed by atoms with Gasteiger partial charge >= 0.3 is 5.97 Å². The molecule has 0 heterocycles. The molecule has 0 aromatic heterocycles. The summed E-state index contributed by atoms with van der Waals surface area (Å²) in [6.45, 7) is 0. The Morgan fingerprint density at radius 2 is 2.15 bits per heavy atom. The van der Waals surface area contributed by atoms with Gasteiger partial charge in [-0.1, -0.05) is 0 Å². The molecule has 0 unspecified atom stereocenters. The van der Waals surface area contributed by atoms with E-state index >= 15 is 0 Å². The lowest BCUT2D eigenvalue weighted by Gasteiger charge is -2.44. The monoisotopic (exact) mass is 184 g/mol. The van der Waals surface area contributed by atoms with Crippen molar-refractivity contribution in [3.8, 4) is 0 Å². The van der Waals surface area contributed by atoms with Crippen LogP contribution in [0.5, 0.6) is 0 Å². The summed E-state index contributed by atoms with van der Waals surface area (Å²) in [4.78, 5) is 11.4. The van der Waals surface area contributed by atoms with E-state index in [-0.39, 0.29) is 23.9 Å². The fraction of sp³-hybridized carbons (Fsp3) is 0.900. The average molecular weight is 184 g/mol. The van der Waals surface area contributed by atoms with E-state index in [1.165, 1.54) is 13.5 Å². The summed E-state index contributed by atoms with van der Waals surface area (Å²) in [6, 6.07) is 0. The van der Waals surface area contributed by atoms with Gasteiger partial charge in [-0.05, 0) is 37.5 Å². The van der Waals surface area contributed by atoms with E-state index in [0.717, 1.165) is 19.3 Å². The molecule has 4 atom stereocenters. The van der Waals surface area contributed by atoms with Gasteiger partial charge in [0.15, 0.2) is 0 Å². The number of carbonyl (C=O) groups is 1. The number of hydrogen-bond donors (Lipinski definition) is 1. The highest BCUT2D eigenvalue weighted by molar-refractivity contribution is 5.73. The van der Waals surface area contributed by atoms with Crippen molar-refractivity contribution in [2.45, 2.75) is 31.8 Å². The molecular weight excluding hydrogens is 168 g/mol. The molecule has 0 amide bonds. The van der Waals surface area contributed by atoms with E-state index in [1.54, 1.807) is 0 Å². The Kier molecular flexibility index (Phi) is 2.28. The summed E-state index contributed by atoms with van der Waals surface area (Å²) in [6.07, 6.45) is 3.71. The molecule has 3 aliphatic carbocycles. The van der Waals surface area contributed by atoms with Crippen LogP contribution < -0.4 is 0 Å². The van der Waals surface area contributed by atoms with Gasteiger partial charge in [-0.3, -0.25) is 4.79 Å². The maximum atomic E-state index is 11.4. The molecular formula is C10H16O3. The maximum absolute atomic E-state index is 11.4. The van der Waals surface area contributed by atoms with Crippen LogP contribution in [0.15, 0.2) is 0 Å². The smallest absolute Gasteiger partial charge is 0.309 e. The minimum absolute atomic E-state index is 0.0347. The number of aliphatic hydroxyl groups excluding tert-OH is 1. The molecule has 1 N–H and O–H groups in total. The topological polar surface area (TPSA) is 46.5 Å². The molecule has 3 fully saturated rings. The highest BCUT2D eigenvalue weighted by Crippen LogP contribution is 2.45. The number of esters is 1. The second-order valence-corrected chi connectivity index (χ2v) is 4.28.